The van der Waals surface area contributed by atoms with Crippen LogP contribution in [0.1, 0.15) is 5.56 Å². The zero-order chi connectivity index (χ0) is 9.84. The minimum absolute atomic E-state index is 0.439. The smallest absolute Gasteiger partial charge is 0.235 e. The van der Waals surface area contributed by atoms with E-state index in [-0.39, 0.29) is 0 Å². The second-order valence-electron chi connectivity index (χ2n) is 2.70. The monoisotopic (exact) mass is 217 g/mol. The molecule has 0 bridgehead atoms. The molecule has 0 saturated carbocycles. The number of carbonyl (C=O) groups excluding carboxylic acids is 1. The van der Waals surface area contributed by atoms with Crippen LogP contribution in [0.25, 0.3) is 0 Å². The van der Waals surface area contributed by atoms with Crippen molar-refractivity contribution in [3.05, 3.63) is 34.9 Å². The number of primary amides is 1. The van der Waals surface area contributed by atoms with Crippen LogP contribution in [0.4, 0.5) is 0 Å². The lowest BCUT2D eigenvalue weighted by molar-refractivity contribution is -0.117. The molecule has 1 amide bonds. The minimum Gasteiger partial charge on any atom is -0.368 e. The molecule has 0 aromatic heterocycles. The summed E-state index contributed by atoms with van der Waals surface area (Å²) in [6.07, 6.45) is 0.439. The average molecular weight is 218 g/mol. The van der Waals surface area contributed by atoms with Crippen molar-refractivity contribution in [2.45, 2.75) is 11.8 Å². The van der Waals surface area contributed by atoms with Gasteiger partial charge in [0.05, 0.1) is 0 Å². The quantitative estimate of drug-likeness (QED) is 0.774. The lowest BCUT2D eigenvalue weighted by atomic mass is 10.1. The predicted octanol–water partition coefficient (Wildman–Crippen LogP) is 1.98. The first-order valence-electron chi connectivity index (χ1n) is 3.77. The van der Waals surface area contributed by atoms with Crippen LogP contribution >= 0.6 is 23.2 Å². The Morgan fingerprint density at radius 1 is 1.38 bits per heavy atom. The highest BCUT2D eigenvalue weighted by Gasteiger charge is 2.11. The summed E-state index contributed by atoms with van der Waals surface area (Å²) >= 11 is 11.4. The molecule has 0 aliphatic carbocycles. The fourth-order valence-electron chi connectivity index (χ4n) is 0.928. The molecule has 1 atom stereocenters. The molecule has 1 unspecified atom stereocenters. The molecule has 13 heavy (non-hydrogen) atoms. The summed E-state index contributed by atoms with van der Waals surface area (Å²) in [7, 11) is 0. The molecular weight excluding hydrogens is 209 g/mol. The van der Waals surface area contributed by atoms with Crippen LogP contribution in [0.15, 0.2) is 24.3 Å². The maximum Gasteiger partial charge on any atom is 0.235 e. The Morgan fingerprint density at radius 2 is 1.92 bits per heavy atom. The van der Waals surface area contributed by atoms with Crippen molar-refractivity contribution in [1.29, 1.82) is 0 Å². The van der Waals surface area contributed by atoms with Crippen LogP contribution in [0.5, 0.6) is 0 Å². The van der Waals surface area contributed by atoms with Gasteiger partial charge in [0.15, 0.2) is 0 Å². The van der Waals surface area contributed by atoms with E-state index in [1.54, 1.807) is 12.1 Å². The van der Waals surface area contributed by atoms with Gasteiger partial charge in [-0.2, -0.15) is 0 Å². The molecule has 0 spiro atoms. The summed E-state index contributed by atoms with van der Waals surface area (Å²) in [6.45, 7) is 0. The highest BCUT2D eigenvalue weighted by Crippen LogP contribution is 2.12. The Labute approximate surface area is 86.6 Å². The highest BCUT2D eigenvalue weighted by atomic mass is 35.5. The zero-order valence-corrected chi connectivity index (χ0v) is 8.35. The Hall–Kier alpha value is -0.730. The lowest BCUT2D eigenvalue weighted by Gasteiger charge is -2.04. The van der Waals surface area contributed by atoms with Crippen molar-refractivity contribution < 1.29 is 4.79 Å². The normalized spacial score (nSPS) is 12.5. The van der Waals surface area contributed by atoms with E-state index < -0.39 is 11.3 Å². The third kappa shape index (κ3) is 3.25. The van der Waals surface area contributed by atoms with Gasteiger partial charge in [0.1, 0.15) is 5.38 Å². The molecule has 0 aliphatic heterocycles. The molecule has 0 fully saturated rings. The van der Waals surface area contributed by atoms with E-state index in [0.717, 1.165) is 5.56 Å². The van der Waals surface area contributed by atoms with Crippen molar-refractivity contribution in [1.82, 2.24) is 0 Å². The van der Waals surface area contributed by atoms with Crippen LogP contribution in [0.2, 0.25) is 5.02 Å². The summed E-state index contributed by atoms with van der Waals surface area (Å²) in [5.74, 6) is -0.503. The molecule has 0 aliphatic rings. The Bertz CT molecular complexity index is 297. The van der Waals surface area contributed by atoms with E-state index in [0.29, 0.717) is 11.4 Å². The number of amides is 1. The van der Waals surface area contributed by atoms with Crippen LogP contribution in [-0.2, 0) is 11.2 Å². The van der Waals surface area contributed by atoms with Gasteiger partial charge in [0, 0.05) is 5.02 Å². The Kier molecular flexibility index (Phi) is 3.58. The van der Waals surface area contributed by atoms with Gasteiger partial charge in [0.2, 0.25) is 5.91 Å². The fourth-order valence-corrected chi connectivity index (χ4v) is 1.23. The van der Waals surface area contributed by atoms with Gasteiger partial charge in [-0.05, 0) is 24.1 Å². The van der Waals surface area contributed by atoms with Crippen molar-refractivity contribution in [3.8, 4) is 0 Å². The van der Waals surface area contributed by atoms with Crippen molar-refractivity contribution in [2.24, 2.45) is 5.73 Å². The SMILES string of the molecule is NC(=O)C(Cl)Cc1ccc(Cl)cc1. The first kappa shape index (κ1) is 10.4. The number of benzene rings is 1. The predicted molar refractivity (Wildman–Crippen MR) is 54.0 cm³/mol. The molecule has 0 heterocycles. The zero-order valence-electron chi connectivity index (χ0n) is 6.84. The summed E-state index contributed by atoms with van der Waals surface area (Å²) in [4.78, 5) is 10.6. The number of nitrogens with two attached hydrogens (primary N) is 1. The number of alkyl halides is 1. The maximum atomic E-state index is 10.6. The number of halogens is 2. The van der Waals surface area contributed by atoms with Crippen LogP contribution in [-0.4, -0.2) is 11.3 Å². The minimum atomic E-state index is -0.652. The first-order chi connectivity index (χ1) is 6.09. The topological polar surface area (TPSA) is 43.1 Å². The maximum absolute atomic E-state index is 10.6. The second-order valence-corrected chi connectivity index (χ2v) is 3.66. The number of rotatable bonds is 3. The number of hydrogen-bond acceptors (Lipinski definition) is 1. The van der Waals surface area contributed by atoms with Crippen LogP contribution in [0.3, 0.4) is 0 Å². The largest absolute Gasteiger partial charge is 0.368 e. The van der Waals surface area contributed by atoms with Gasteiger partial charge >= 0.3 is 0 Å². The third-order valence-electron chi connectivity index (χ3n) is 1.64. The molecule has 2 nitrogen and oxygen atoms in total. The van der Waals surface area contributed by atoms with E-state index in [9.17, 15) is 4.79 Å². The summed E-state index contributed by atoms with van der Waals surface area (Å²) < 4.78 is 0. The average Bonchev–Trinajstić information content (AvgIpc) is 2.08. The van der Waals surface area contributed by atoms with Gasteiger partial charge in [0.25, 0.3) is 0 Å². The summed E-state index contributed by atoms with van der Waals surface area (Å²) in [5, 5.41) is 0.00937. The van der Waals surface area contributed by atoms with Crippen molar-refractivity contribution >= 4 is 29.1 Å². The van der Waals surface area contributed by atoms with Gasteiger partial charge in [-0.25, -0.2) is 0 Å². The van der Waals surface area contributed by atoms with Crippen LogP contribution in [0, 0.1) is 0 Å². The third-order valence-corrected chi connectivity index (χ3v) is 2.26. The molecule has 2 N–H and O–H groups in total. The Balaban J connectivity index is 2.64. The standard InChI is InChI=1S/C9H9Cl2NO/c10-7-3-1-6(2-4-7)5-8(11)9(12)13/h1-4,8H,5H2,(H2,12,13). The fraction of sp³-hybridized carbons (Fsp3) is 0.222. The molecule has 1 aromatic carbocycles. The van der Waals surface area contributed by atoms with Gasteiger partial charge in [-0.1, -0.05) is 23.7 Å². The number of carbonyl (C=O) groups is 1. The Morgan fingerprint density at radius 3 is 2.38 bits per heavy atom. The summed E-state index contributed by atoms with van der Waals surface area (Å²) in [6, 6.07) is 7.14. The molecule has 1 aromatic rings. The second kappa shape index (κ2) is 4.49. The molecule has 4 heteroatoms. The van der Waals surface area contributed by atoms with E-state index in [1.165, 1.54) is 0 Å². The number of hydrogen-bond donors (Lipinski definition) is 1. The molecule has 0 saturated heterocycles. The van der Waals surface area contributed by atoms with Gasteiger partial charge in [-0.3, -0.25) is 4.79 Å². The van der Waals surface area contributed by atoms with Gasteiger partial charge < -0.3 is 5.73 Å². The molecule has 1 rings (SSSR count). The molecule has 70 valence electrons. The van der Waals surface area contributed by atoms with E-state index in [4.69, 9.17) is 28.9 Å². The van der Waals surface area contributed by atoms with E-state index in [2.05, 4.69) is 0 Å². The molecular formula is C9H9Cl2NO. The summed E-state index contributed by atoms with van der Waals surface area (Å²) in [5.41, 5.74) is 5.96. The van der Waals surface area contributed by atoms with E-state index in [1.807, 2.05) is 12.1 Å². The van der Waals surface area contributed by atoms with Crippen LogP contribution < -0.4 is 5.73 Å². The highest BCUT2D eigenvalue weighted by molar-refractivity contribution is 6.31. The molecule has 0 radical (unpaired) electrons. The van der Waals surface area contributed by atoms with E-state index >= 15 is 0 Å². The lowest BCUT2D eigenvalue weighted by Crippen LogP contribution is -2.25. The van der Waals surface area contributed by atoms with Crippen molar-refractivity contribution in [3.63, 3.8) is 0 Å². The first-order valence-corrected chi connectivity index (χ1v) is 4.59. The van der Waals surface area contributed by atoms with Crippen molar-refractivity contribution in [2.75, 3.05) is 0 Å². The van der Waals surface area contributed by atoms with Gasteiger partial charge in [-0.15, -0.1) is 11.6 Å².